The molecule has 0 saturated carbocycles. The molecule has 0 bridgehead atoms. The van der Waals surface area contributed by atoms with Gasteiger partial charge < -0.3 is 5.32 Å². The lowest BCUT2D eigenvalue weighted by atomic mass is 10.2. The number of nitrogens with one attached hydrogen (secondary N) is 1. The molecule has 0 aliphatic carbocycles. The number of hydrogen-bond donors (Lipinski definition) is 1. The second kappa shape index (κ2) is 5.32. The molecule has 1 aromatic carbocycles. The van der Waals surface area contributed by atoms with Crippen molar-refractivity contribution in [3.63, 3.8) is 0 Å². The number of carbonyl (C=O) groups excluding carboxylic acids is 2. The maximum absolute atomic E-state index is 13.6. The third-order valence-corrected chi connectivity index (χ3v) is 3.73. The number of anilines is 1. The molecule has 98 valence electrons. The molecular formula is C14H12FNO2S. The minimum Gasteiger partial charge on any atom is -0.319 e. The molecule has 0 atom stereocenters. The van der Waals surface area contributed by atoms with E-state index in [0.717, 1.165) is 16.9 Å². The number of aryl methyl sites for hydroxylation is 1. The fraction of sp³-hybridized carbons (Fsp3) is 0.143. The quantitative estimate of drug-likeness (QED) is 0.870. The maximum atomic E-state index is 13.6. The first-order valence-electron chi connectivity index (χ1n) is 5.65. The molecule has 2 rings (SSSR count). The molecule has 0 fully saturated rings. The van der Waals surface area contributed by atoms with E-state index in [9.17, 15) is 14.0 Å². The Morgan fingerprint density at radius 1 is 1.16 bits per heavy atom. The number of hydrogen-bond acceptors (Lipinski definition) is 3. The summed E-state index contributed by atoms with van der Waals surface area (Å²) in [7, 11) is 0. The van der Waals surface area contributed by atoms with Crippen LogP contribution in [0, 0.1) is 12.7 Å². The Kier molecular flexibility index (Phi) is 3.76. The molecule has 0 unspecified atom stereocenters. The summed E-state index contributed by atoms with van der Waals surface area (Å²) in [5, 5.41) is 2.49. The van der Waals surface area contributed by atoms with Gasteiger partial charge in [0.2, 0.25) is 0 Å². The zero-order chi connectivity index (χ0) is 14.0. The molecule has 1 heterocycles. The van der Waals surface area contributed by atoms with Crippen molar-refractivity contribution in [3.8, 4) is 0 Å². The van der Waals surface area contributed by atoms with Gasteiger partial charge in [-0.25, -0.2) is 4.39 Å². The minimum absolute atomic E-state index is 0.0921. The number of Topliss-reactive ketones (excluding diaryl/α,β-unsaturated/α-hetero) is 1. The molecule has 1 N–H and O–H groups in total. The predicted octanol–water partition coefficient (Wildman–Crippen LogP) is 3.65. The van der Waals surface area contributed by atoms with Gasteiger partial charge in [-0.05, 0) is 43.7 Å². The first-order valence-corrected chi connectivity index (χ1v) is 6.47. The van der Waals surface area contributed by atoms with Gasteiger partial charge in [-0.1, -0.05) is 6.07 Å². The Morgan fingerprint density at radius 3 is 2.42 bits per heavy atom. The number of benzene rings is 1. The van der Waals surface area contributed by atoms with Crippen LogP contribution in [0.3, 0.4) is 0 Å². The molecule has 0 aliphatic rings. The van der Waals surface area contributed by atoms with E-state index in [1.807, 2.05) is 0 Å². The Morgan fingerprint density at radius 2 is 1.84 bits per heavy atom. The van der Waals surface area contributed by atoms with Gasteiger partial charge in [-0.2, -0.15) is 0 Å². The zero-order valence-electron chi connectivity index (χ0n) is 10.5. The van der Waals surface area contributed by atoms with Crippen LogP contribution in [0.25, 0.3) is 0 Å². The second-order valence-electron chi connectivity index (χ2n) is 4.16. The van der Waals surface area contributed by atoms with Crippen molar-refractivity contribution in [1.82, 2.24) is 0 Å². The molecule has 0 saturated heterocycles. The summed E-state index contributed by atoms with van der Waals surface area (Å²) in [5.41, 5.74) is 0.916. The van der Waals surface area contributed by atoms with Gasteiger partial charge in [0.05, 0.1) is 15.4 Å². The van der Waals surface area contributed by atoms with Gasteiger partial charge in [-0.3, -0.25) is 9.59 Å². The summed E-state index contributed by atoms with van der Waals surface area (Å²) in [5.74, 6) is -0.984. The van der Waals surface area contributed by atoms with Crippen LogP contribution >= 0.6 is 11.3 Å². The SMILES string of the molecule is CC(=O)c1ccc(C(=O)Nc2ccc(C)cc2F)s1. The number of amides is 1. The number of ketones is 1. The van der Waals surface area contributed by atoms with Gasteiger partial charge in [0.25, 0.3) is 5.91 Å². The third-order valence-electron chi connectivity index (χ3n) is 2.55. The van der Waals surface area contributed by atoms with E-state index >= 15 is 0 Å². The molecule has 0 spiro atoms. The van der Waals surface area contributed by atoms with Crippen molar-refractivity contribution in [3.05, 3.63) is 51.5 Å². The van der Waals surface area contributed by atoms with E-state index in [-0.39, 0.29) is 11.5 Å². The van der Waals surface area contributed by atoms with E-state index in [1.54, 1.807) is 25.1 Å². The first kappa shape index (κ1) is 13.4. The normalized spacial score (nSPS) is 10.3. The molecule has 3 nitrogen and oxygen atoms in total. The zero-order valence-corrected chi connectivity index (χ0v) is 11.3. The summed E-state index contributed by atoms with van der Waals surface area (Å²) in [4.78, 5) is 23.9. The fourth-order valence-electron chi connectivity index (χ4n) is 1.55. The fourth-order valence-corrected chi connectivity index (χ4v) is 2.35. The largest absolute Gasteiger partial charge is 0.319 e. The average molecular weight is 277 g/mol. The molecule has 2 aromatic rings. The second-order valence-corrected chi connectivity index (χ2v) is 5.24. The number of halogens is 1. The molecule has 19 heavy (non-hydrogen) atoms. The summed E-state index contributed by atoms with van der Waals surface area (Å²) in [6, 6.07) is 7.73. The molecule has 5 heteroatoms. The summed E-state index contributed by atoms with van der Waals surface area (Å²) in [6.45, 7) is 3.21. The lowest BCUT2D eigenvalue weighted by molar-refractivity contribution is 0.101. The number of carbonyl (C=O) groups is 2. The van der Waals surface area contributed by atoms with Crippen LogP contribution in [0.5, 0.6) is 0 Å². The highest BCUT2D eigenvalue weighted by atomic mass is 32.1. The minimum atomic E-state index is -0.475. The van der Waals surface area contributed by atoms with Crippen molar-refractivity contribution in [1.29, 1.82) is 0 Å². The summed E-state index contributed by atoms with van der Waals surface area (Å²) in [6.07, 6.45) is 0. The van der Waals surface area contributed by atoms with Gasteiger partial charge in [0.15, 0.2) is 5.78 Å². The predicted molar refractivity (Wildman–Crippen MR) is 73.4 cm³/mol. The van der Waals surface area contributed by atoms with E-state index in [2.05, 4.69) is 5.32 Å². The highest BCUT2D eigenvalue weighted by Gasteiger charge is 2.13. The summed E-state index contributed by atoms with van der Waals surface area (Å²) >= 11 is 1.09. The number of rotatable bonds is 3. The van der Waals surface area contributed by atoms with Crippen LogP contribution in [0.4, 0.5) is 10.1 Å². The lowest BCUT2D eigenvalue weighted by Crippen LogP contribution is -2.11. The van der Waals surface area contributed by atoms with Crippen LogP contribution in [-0.2, 0) is 0 Å². The standard InChI is InChI=1S/C14H12FNO2S/c1-8-3-4-11(10(15)7-8)16-14(18)13-6-5-12(19-13)9(2)17/h3-7H,1-2H3,(H,16,18). The van der Waals surface area contributed by atoms with E-state index in [4.69, 9.17) is 0 Å². The van der Waals surface area contributed by atoms with Crippen molar-refractivity contribution < 1.29 is 14.0 Å². The van der Waals surface area contributed by atoms with Crippen LogP contribution < -0.4 is 5.32 Å². The molecule has 1 amide bonds. The van der Waals surface area contributed by atoms with Crippen LogP contribution in [-0.4, -0.2) is 11.7 Å². The topological polar surface area (TPSA) is 46.2 Å². The molecular weight excluding hydrogens is 265 g/mol. The molecule has 0 radical (unpaired) electrons. The first-order chi connectivity index (χ1) is 8.97. The van der Waals surface area contributed by atoms with E-state index in [0.29, 0.717) is 9.75 Å². The van der Waals surface area contributed by atoms with Gasteiger partial charge >= 0.3 is 0 Å². The van der Waals surface area contributed by atoms with Gasteiger partial charge in [0, 0.05) is 0 Å². The van der Waals surface area contributed by atoms with Crippen molar-refractivity contribution in [2.75, 3.05) is 5.32 Å². The molecule has 1 aromatic heterocycles. The highest BCUT2D eigenvalue weighted by Crippen LogP contribution is 2.20. The summed E-state index contributed by atoms with van der Waals surface area (Å²) < 4.78 is 13.6. The molecule has 0 aliphatic heterocycles. The van der Waals surface area contributed by atoms with E-state index in [1.165, 1.54) is 19.1 Å². The monoisotopic (exact) mass is 277 g/mol. The van der Waals surface area contributed by atoms with Crippen molar-refractivity contribution in [2.45, 2.75) is 13.8 Å². The smallest absolute Gasteiger partial charge is 0.265 e. The van der Waals surface area contributed by atoms with Gasteiger partial charge in [0.1, 0.15) is 5.82 Å². The van der Waals surface area contributed by atoms with E-state index < -0.39 is 11.7 Å². The van der Waals surface area contributed by atoms with Crippen LogP contribution in [0.1, 0.15) is 31.8 Å². The third kappa shape index (κ3) is 3.06. The van der Waals surface area contributed by atoms with Gasteiger partial charge in [-0.15, -0.1) is 11.3 Å². The Hall–Kier alpha value is -2.01. The lowest BCUT2D eigenvalue weighted by Gasteiger charge is -2.05. The van der Waals surface area contributed by atoms with Crippen molar-refractivity contribution in [2.24, 2.45) is 0 Å². The average Bonchev–Trinajstić information content (AvgIpc) is 2.82. The Labute approximate surface area is 114 Å². The van der Waals surface area contributed by atoms with Crippen LogP contribution in [0.2, 0.25) is 0 Å². The Bertz CT molecular complexity index is 649. The maximum Gasteiger partial charge on any atom is 0.265 e. The number of thiophene rings is 1. The Balaban J connectivity index is 2.18. The van der Waals surface area contributed by atoms with Crippen molar-refractivity contribution >= 4 is 28.7 Å². The highest BCUT2D eigenvalue weighted by molar-refractivity contribution is 7.16. The van der Waals surface area contributed by atoms with Crippen LogP contribution in [0.15, 0.2) is 30.3 Å².